The standard InChI is InChI=1S/C38H43N7O5S/c1-41(2)51(48,49)40-37(46)24-11-13-31-33(17-24)45-20-26(35-32(19-39-43(35)4)38(47)44-22-27-18-28(44)21-42(27)3)15-25-16-29(50-5)12-14-30(25)36(45)34(31)23-9-7-6-8-10-23/h11-17,19,22-23,28H,6-10,18,20-21H2,1-5H3,(H,40,46). The maximum Gasteiger partial charge on any atom is 0.303 e. The molecule has 13 heteroatoms. The van der Waals surface area contributed by atoms with Gasteiger partial charge >= 0.3 is 10.2 Å². The number of allylic oxidation sites excluding steroid dienone is 1. The minimum absolute atomic E-state index is 0.0799. The van der Waals surface area contributed by atoms with Crippen LogP contribution in [0.4, 0.5) is 0 Å². The zero-order chi connectivity index (χ0) is 35.8. The molecule has 2 aromatic heterocycles. The molecular weight excluding hydrogens is 667 g/mol. The van der Waals surface area contributed by atoms with E-state index in [0.717, 1.165) is 93.4 Å². The summed E-state index contributed by atoms with van der Waals surface area (Å²) in [7, 11) is 4.34. The number of aryl methyl sites for hydroxylation is 1. The van der Waals surface area contributed by atoms with Gasteiger partial charge in [0.1, 0.15) is 5.75 Å². The second-order valence-corrected chi connectivity index (χ2v) is 16.2. The van der Waals surface area contributed by atoms with Crippen LogP contribution in [0.25, 0.3) is 33.8 Å². The van der Waals surface area contributed by atoms with E-state index in [1.54, 1.807) is 30.1 Å². The molecule has 0 radical (unpaired) electrons. The Kier molecular flexibility index (Phi) is 8.10. The van der Waals surface area contributed by atoms with E-state index < -0.39 is 16.1 Å². The van der Waals surface area contributed by atoms with Crippen molar-refractivity contribution in [2.75, 3.05) is 34.8 Å². The molecule has 1 saturated heterocycles. The monoisotopic (exact) mass is 709 g/mol. The summed E-state index contributed by atoms with van der Waals surface area (Å²) in [6.45, 7) is 1.20. The van der Waals surface area contributed by atoms with E-state index in [2.05, 4.69) is 38.5 Å². The molecule has 4 aromatic rings. The summed E-state index contributed by atoms with van der Waals surface area (Å²) in [4.78, 5) is 31.7. The predicted octanol–water partition coefficient (Wildman–Crippen LogP) is 5.19. The highest BCUT2D eigenvalue weighted by Gasteiger charge is 2.39. The van der Waals surface area contributed by atoms with E-state index in [4.69, 9.17) is 4.74 Å². The Hall–Kier alpha value is -4.88. The van der Waals surface area contributed by atoms with Crippen LogP contribution in [0.2, 0.25) is 0 Å². The number of benzene rings is 2. The van der Waals surface area contributed by atoms with Gasteiger partial charge in [0, 0.05) is 75.1 Å². The van der Waals surface area contributed by atoms with Gasteiger partial charge in [-0.3, -0.25) is 14.3 Å². The topological polar surface area (TPSA) is 122 Å². The summed E-state index contributed by atoms with van der Waals surface area (Å²) in [5, 5.41) is 5.65. The van der Waals surface area contributed by atoms with Gasteiger partial charge in [0.25, 0.3) is 11.8 Å². The molecule has 4 aliphatic rings. The van der Waals surface area contributed by atoms with Gasteiger partial charge in [-0.25, -0.2) is 4.72 Å². The minimum Gasteiger partial charge on any atom is -0.497 e. The fraction of sp³-hybridized carbons (Fsp3) is 0.395. The molecular formula is C38H43N7O5S. The lowest BCUT2D eigenvalue weighted by Gasteiger charge is -2.27. The molecule has 8 rings (SSSR count). The van der Waals surface area contributed by atoms with E-state index in [0.29, 0.717) is 18.0 Å². The van der Waals surface area contributed by atoms with E-state index in [-0.39, 0.29) is 17.5 Å². The zero-order valence-corrected chi connectivity index (χ0v) is 30.5. The van der Waals surface area contributed by atoms with Gasteiger partial charge in [-0.2, -0.15) is 17.8 Å². The molecule has 0 spiro atoms. The van der Waals surface area contributed by atoms with Crippen LogP contribution >= 0.6 is 0 Å². The van der Waals surface area contributed by atoms with Gasteiger partial charge in [0.2, 0.25) is 0 Å². The highest BCUT2D eigenvalue weighted by Crippen LogP contribution is 2.48. The van der Waals surface area contributed by atoms with Crippen molar-refractivity contribution >= 4 is 44.6 Å². The first kappa shape index (κ1) is 33.3. The van der Waals surface area contributed by atoms with Crippen LogP contribution in [0.3, 0.4) is 0 Å². The SMILES string of the molecule is COc1ccc2c(c1)C=C(c1c(C(=O)N3C=C4CC3CN4C)cnn1C)Cn1c-2c(C2CCCCC2)c2ccc(C(=O)NS(=O)(=O)N(C)C)cc21. The summed E-state index contributed by atoms with van der Waals surface area (Å²) in [6.07, 6.45) is 12.2. The lowest BCUT2D eigenvalue weighted by Crippen LogP contribution is -2.39. The number of hydrogen-bond donors (Lipinski definition) is 1. The number of nitrogens with zero attached hydrogens (tertiary/aromatic N) is 6. The summed E-state index contributed by atoms with van der Waals surface area (Å²) < 4.78 is 38.2. The number of methoxy groups -OCH3 is 1. The molecule has 3 aliphatic heterocycles. The third-order valence-electron chi connectivity index (χ3n) is 11.1. The van der Waals surface area contributed by atoms with Crippen molar-refractivity contribution < 1.29 is 22.7 Å². The van der Waals surface area contributed by atoms with Crippen LogP contribution in [0.1, 0.15) is 82.0 Å². The fourth-order valence-corrected chi connectivity index (χ4v) is 8.97. The first-order valence-corrected chi connectivity index (χ1v) is 19.0. The highest BCUT2D eigenvalue weighted by molar-refractivity contribution is 7.87. The number of aromatic nitrogens is 3. The smallest absolute Gasteiger partial charge is 0.303 e. The number of hydrogen-bond acceptors (Lipinski definition) is 7. The quantitative estimate of drug-likeness (QED) is 0.281. The number of fused-ring (bicyclic) bond motifs is 7. The Morgan fingerprint density at radius 1 is 1.02 bits per heavy atom. The summed E-state index contributed by atoms with van der Waals surface area (Å²) in [6, 6.07) is 11.7. The molecule has 2 fully saturated rings. The van der Waals surface area contributed by atoms with Crippen LogP contribution in [0, 0.1) is 0 Å². The molecule has 1 saturated carbocycles. The largest absolute Gasteiger partial charge is 0.497 e. The maximum atomic E-state index is 14.3. The molecule has 1 N–H and O–H groups in total. The summed E-state index contributed by atoms with van der Waals surface area (Å²) in [5.74, 6) is 0.255. The molecule has 1 atom stereocenters. The Morgan fingerprint density at radius 3 is 2.49 bits per heavy atom. The highest BCUT2D eigenvalue weighted by atomic mass is 32.2. The van der Waals surface area contributed by atoms with Crippen LogP contribution in [0.15, 0.2) is 54.5 Å². The molecule has 2 amide bonds. The number of carbonyl (C=O) groups is 2. The zero-order valence-electron chi connectivity index (χ0n) is 29.6. The van der Waals surface area contributed by atoms with E-state index in [1.165, 1.54) is 26.1 Å². The number of amides is 2. The summed E-state index contributed by atoms with van der Waals surface area (Å²) in [5.41, 5.74) is 8.67. The van der Waals surface area contributed by atoms with Crippen molar-refractivity contribution in [1.82, 2.24) is 33.2 Å². The Morgan fingerprint density at radius 2 is 1.80 bits per heavy atom. The van der Waals surface area contributed by atoms with Crippen molar-refractivity contribution in [2.24, 2.45) is 7.05 Å². The van der Waals surface area contributed by atoms with Crippen molar-refractivity contribution in [1.29, 1.82) is 0 Å². The molecule has 2 bridgehead atoms. The predicted molar refractivity (Wildman–Crippen MR) is 196 cm³/mol. The molecule has 2 aromatic carbocycles. The van der Waals surface area contributed by atoms with E-state index in [9.17, 15) is 18.0 Å². The molecule has 5 heterocycles. The van der Waals surface area contributed by atoms with Crippen molar-refractivity contribution in [3.8, 4) is 17.0 Å². The number of ether oxygens (including phenoxy) is 1. The van der Waals surface area contributed by atoms with Gasteiger partial charge < -0.3 is 19.1 Å². The van der Waals surface area contributed by atoms with Gasteiger partial charge in [-0.05, 0) is 71.9 Å². The number of likely N-dealkylation sites (tertiary alicyclic amines) is 1. The fourth-order valence-electron chi connectivity index (χ4n) is 8.43. The lowest BCUT2D eigenvalue weighted by molar-refractivity contribution is 0.0771. The van der Waals surface area contributed by atoms with Crippen LogP contribution in [-0.4, -0.2) is 89.5 Å². The number of carbonyl (C=O) groups excluding carboxylic acids is 2. The molecule has 1 unspecified atom stereocenters. The van der Waals surface area contributed by atoms with Crippen molar-refractivity contribution in [3.63, 3.8) is 0 Å². The maximum absolute atomic E-state index is 14.3. The molecule has 266 valence electrons. The van der Waals surface area contributed by atoms with E-state index >= 15 is 0 Å². The van der Waals surface area contributed by atoms with Gasteiger partial charge in [-0.15, -0.1) is 0 Å². The Balaban J connectivity index is 1.33. The third-order valence-corrected chi connectivity index (χ3v) is 12.5. The average Bonchev–Trinajstić information content (AvgIpc) is 3.86. The van der Waals surface area contributed by atoms with Crippen molar-refractivity contribution in [3.05, 3.63) is 82.4 Å². The van der Waals surface area contributed by atoms with Crippen molar-refractivity contribution in [2.45, 2.75) is 57.0 Å². The number of nitrogens with one attached hydrogen (secondary N) is 1. The molecule has 1 aliphatic carbocycles. The normalized spacial score (nSPS) is 18.8. The van der Waals surface area contributed by atoms with Gasteiger partial charge in [0.05, 0.1) is 42.8 Å². The third kappa shape index (κ3) is 5.53. The minimum atomic E-state index is -4.00. The van der Waals surface area contributed by atoms with Gasteiger partial charge in [-0.1, -0.05) is 25.3 Å². The average molecular weight is 710 g/mol. The second kappa shape index (κ2) is 12.4. The Labute approximate surface area is 298 Å². The van der Waals surface area contributed by atoms with Crippen LogP contribution in [-0.2, 0) is 23.8 Å². The van der Waals surface area contributed by atoms with Crippen LogP contribution < -0.4 is 9.46 Å². The molecule has 51 heavy (non-hydrogen) atoms. The number of likely N-dealkylation sites (N-methyl/N-ethyl adjacent to an activating group) is 1. The second-order valence-electron chi connectivity index (χ2n) is 14.4. The van der Waals surface area contributed by atoms with Gasteiger partial charge in [0.15, 0.2) is 0 Å². The first-order chi connectivity index (χ1) is 24.4. The first-order valence-electron chi connectivity index (χ1n) is 17.5. The Bertz CT molecular complexity index is 2280. The van der Waals surface area contributed by atoms with Crippen LogP contribution in [0.5, 0.6) is 5.75 Å². The number of rotatable bonds is 7. The summed E-state index contributed by atoms with van der Waals surface area (Å²) >= 11 is 0. The van der Waals surface area contributed by atoms with E-state index in [1.807, 2.05) is 36.3 Å². The lowest BCUT2D eigenvalue weighted by atomic mass is 9.81. The molecule has 12 nitrogen and oxygen atoms in total.